The van der Waals surface area contributed by atoms with E-state index in [4.69, 9.17) is 4.74 Å². The fraction of sp³-hybridized carbons (Fsp3) is 0.368. The molecule has 0 spiro atoms. The van der Waals surface area contributed by atoms with E-state index in [9.17, 15) is 9.90 Å². The van der Waals surface area contributed by atoms with Crippen molar-refractivity contribution < 1.29 is 14.6 Å². The van der Waals surface area contributed by atoms with Gasteiger partial charge in [-0.2, -0.15) is 9.61 Å². The van der Waals surface area contributed by atoms with Gasteiger partial charge in [-0.25, -0.2) is 9.97 Å². The van der Waals surface area contributed by atoms with Crippen LogP contribution in [0.15, 0.2) is 30.6 Å². The number of nitrogens with zero attached hydrogens (tertiary/aromatic N) is 4. The van der Waals surface area contributed by atoms with Crippen LogP contribution in [0.25, 0.3) is 5.65 Å². The standard InChI is InChI=1S/C19H22N6O3/c1-20-17-9-16(23-13-4-3-7-21-19(13)28-2)24-18-12(10-22-25(17)18)15(27)8-11-5-6-14(11)26/h3-4,7,9-11,14,20,26H,5-6,8H2,1-2H3,(H,23,24)/t11-,14+/m0/s1. The van der Waals surface area contributed by atoms with Crippen LogP contribution in [-0.2, 0) is 0 Å². The maximum Gasteiger partial charge on any atom is 0.237 e. The van der Waals surface area contributed by atoms with Gasteiger partial charge in [-0.15, -0.1) is 0 Å². The van der Waals surface area contributed by atoms with Crippen molar-refractivity contribution in [2.24, 2.45) is 5.92 Å². The zero-order valence-corrected chi connectivity index (χ0v) is 15.7. The number of anilines is 3. The highest BCUT2D eigenvalue weighted by Gasteiger charge is 2.32. The van der Waals surface area contributed by atoms with E-state index in [1.807, 2.05) is 6.07 Å². The predicted molar refractivity (Wildman–Crippen MR) is 104 cm³/mol. The van der Waals surface area contributed by atoms with Gasteiger partial charge in [0.1, 0.15) is 17.3 Å². The zero-order valence-electron chi connectivity index (χ0n) is 15.7. The van der Waals surface area contributed by atoms with E-state index in [0.29, 0.717) is 40.8 Å². The minimum atomic E-state index is -0.387. The number of ether oxygens (including phenoxy) is 1. The van der Waals surface area contributed by atoms with E-state index in [-0.39, 0.29) is 17.8 Å². The monoisotopic (exact) mass is 382 g/mol. The number of Topliss-reactive ketones (excluding diaryl/α,β-unsaturated/α-hetero) is 1. The summed E-state index contributed by atoms with van der Waals surface area (Å²) >= 11 is 0. The summed E-state index contributed by atoms with van der Waals surface area (Å²) in [6, 6.07) is 5.41. The second-order valence-corrected chi connectivity index (χ2v) is 6.79. The van der Waals surface area contributed by atoms with Crippen LogP contribution in [0.1, 0.15) is 29.6 Å². The first-order chi connectivity index (χ1) is 13.6. The van der Waals surface area contributed by atoms with Gasteiger partial charge in [0.2, 0.25) is 5.88 Å². The van der Waals surface area contributed by atoms with Crippen LogP contribution in [0.3, 0.4) is 0 Å². The van der Waals surface area contributed by atoms with Crippen molar-refractivity contribution in [1.29, 1.82) is 0 Å². The third-order valence-corrected chi connectivity index (χ3v) is 5.08. The first-order valence-electron chi connectivity index (χ1n) is 9.14. The molecule has 146 valence electrons. The lowest BCUT2D eigenvalue weighted by atomic mass is 9.78. The first-order valence-corrected chi connectivity index (χ1v) is 9.14. The molecule has 28 heavy (non-hydrogen) atoms. The molecule has 3 aromatic rings. The average Bonchev–Trinajstić information content (AvgIpc) is 3.14. The fourth-order valence-electron chi connectivity index (χ4n) is 3.33. The van der Waals surface area contributed by atoms with Gasteiger partial charge in [0.15, 0.2) is 11.4 Å². The van der Waals surface area contributed by atoms with Crippen molar-refractivity contribution in [3.8, 4) is 5.88 Å². The Morgan fingerprint density at radius 2 is 2.29 bits per heavy atom. The van der Waals surface area contributed by atoms with Gasteiger partial charge < -0.3 is 20.5 Å². The van der Waals surface area contributed by atoms with Crippen LogP contribution in [0.2, 0.25) is 0 Å². The molecule has 0 bridgehead atoms. The second kappa shape index (κ2) is 7.43. The molecule has 0 unspecified atom stereocenters. The first kappa shape index (κ1) is 18.2. The molecule has 3 aromatic heterocycles. The molecule has 1 aliphatic carbocycles. The van der Waals surface area contributed by atoms with Crippen LogP contribution in [-0.4, -0.2) is 50.7 Å². The third kappa shape index (κ3) is 3.24. The Morgan fingerprint density at radius 1 is 1.43 bits per heavy atom. The number of rotatable bonds is 7. The third-order valence-electron chi connectivity index (χ3n) is 5.08. The molecule has 0 aliphatic heterocycles. The van der Waals surface area contributed by atoms with Crippen LogP contribution >= 0.6 is 0 Å². The smallest absolute Gasteiger partial charge is 0.237 e. The van der Waals surface area contributed by atoms with E-state index < -0.39 is 0 Å². The van der Waals surface area contributed by atoms with Gasteiger partial charge in [0.05, 0.1) is 25.0 Å². The lowest BCUT2D eigenvalue weighted by Gasteiger charge is -2.31. The molecule has 0 amide bonds. The quantitative estimate of drug-likeness (QED) is 0.533. The normalized spacial score (nSPS) is 18.5. The Morgan fingerprint density at radius 3 is 2.96 bits per heavy atom. The minimum absolute atomic E-state index is 0.0205. The predicted octanol–water partition coefficient (Wildman–Crippen LogP) is 2.26. The van der Waals surface area contributed by atoms with Gasteiger partial charge in [0, 0.05) is 25.7 Å². The molecule has 3 heterocycles. The summed E-state index contributed by atoms with van der Waals surface area (Å²) in [5, 5.41) is 20.3. The van der Waals surface area contributed by atoms with Crippen molar-refractivity contribution >= 4 is 28.8 Å². The summed E-state index contributed by atoms with van der Waals surface area (Å²) in [5.41, 5.74) is 1.56. The number of fused-ring (bicyclic) bond motifs is 1. The number of ketones is 1. The van der Waals surface area contributed by atoms with Crippen LogP contribution in [0.5, 0.6) is 5.88 Å². The fourth-order valence-corrected chi connectivity index (χ4v) is 3.33. The molecule has 4 rings (SSSR count). The number of hydrogen-bond acceptors (Lipinski definition) is 8. The Kier molecular flexibility index (Phi) is 4.82. The van der Waals surface area contributed by atoms with E-state index in [1.165, 1.54) is 6.20 Å². The van der Waals surface area contributed by atoms with Gasteiger partial charge in [-0.05, 0) is 30.9 Å². The Hall–Kier alpha value is -3.20. The Balaban J connectivity index is 1.69. The van der Waals surface area contributed by atoms with Gasteiger partial charge >= 0.3 is 0 Å². The van der Waals surface area contributed by atoms with Gasteiger partial charge in [0.25, 0.3) is 0 Å². The molecule has 1 saturated carbocycles. The largest absolute Gasteiger partial charge is 0.480 e. The molecular formula is C19H22N6O3. The molecule has 0 aromatic carbocycles. The summed E-state index contributed by atoms with van der Waals surface area (Å²) in [6.45, 7) is 0. The van der Waals surface area contributed by atoms with Gasteiger partial charge in [-0.3, -0.25) is 4.79 Å². The van der Waals surface area contributed by atoms with Crippen molar-refractivity contribution in [2.75, 3.05) is 24.8 Å². The number of aromatic nitrogens is 4. The summed E-state index contributed by atoms with van der Waals surface area (Å²) in [4.78, 5) is 21.5. The molecule has 9 heteroatoms. The number of nitrogens with one attached hydrogen (secondary N) is 2. The molecule has 0 saturated heterocycles. The Bertz CT molecular complexity index is 1020. The molecule has 2 atom stereocenters. The second-order valence-electron chi connectivity index (χ2n) is 6.79. The molecule has 0 radical (unpaired) electrons. The Labute approximate surface area is 161 Å². The lowest BCUT2D eigenvalue weighted by molar-refractivity contribution is 0.0199. The number of aliphatic hydroxyl groups is 1. The molecule has 3 N–H and O–H groups in total. The van der Waals surface area contributed by atoms with E-state index >= 15 is 0 Å². The van der Waals surface area contributed by atoms with Gasteiger partial charge in [-0.1, -0.05) is 0 Å². The van der Waals surface area contributed by atoms with Crippen molar-refractivity contribution in [2.45, 2.75) is 25.4 Å². The van der Waals surface area contributed by atoms with E-state index in [0.717, 1.165) is 12.8 Å². The SMILES string of the molecule is CNc1cc(Nc2cccnc2OC)nc2c(C(=O)C[C@@H]3CC[C@H]3O)cnn12. The van der Waals surface area contributed by atoms with Crippen LogP contribution in [0, 0.1) is 5.92 Å². The van der Waals surface area contributed by atoms with Crippen LogP contribution in [0.4, 0.5) is 17.3 Å². The number of aliphatic hydroxyl groups excluding tert-OH is 1. The number of hydrogen-bond donors (Lipinski definition) is 3. The number of methoxy groups -OCH3 is 1. The maximum atomic E-state index is 12.8. The highest BCUT2D eigenvalue weighted by atomic mass is 16.5. The topological polar surface area (TPSA) is 114 Å². The molecule has 1 aliphatic rings. The van der Waals surface area contributed by atoms with Crippen molar-refractivity contribution in [3.05, 3.63) is 36.2 Å². The van der Waals surface area contributed by atoms with E-state index in [1.54, 1.807) is 37.0 Å². The highest BCUT2D eigenvalue weighted by molar-refractivity contribution is 6.01. The summed E-state index contributed by atoms with van der Waals surface area (Å²) in [6.07, 6.45) is 4.72. The number of carbonyl (C=O) groups excluding carboxylic acids is 1. The summed E-state index contributed by atoms with van der Waals surface area (Å²) in [5.74, 6) is 1.61. The molecule has 9 nitrogen and oxygen atoms in total. The highest BCUT2D eigenvalue weighted by Crippen LogP contribution is 2.32. The average molecular weight is 382 g/mol. The molecular weight excluding hydrogens is 360 g/mol. The number of pyridine rings is 1. The minimum Gasteiger partial charge on any atom is -0.480 e. The molecule has 1 fully saturated rings. The summed E-state index contributed by atoms with van der Waals surface area (Å²) < 4.78 is 6.86. The lowest BCUT2D eigenvalue weighted by Crippen LogP contribution is -2.32. The van der Waals surface area contributed by atoms with Crippen LogP contribution < -0.4 is 15.4 Å². The zero-order chi connectivity index (χ0) is 19.7. The maximum absolute atomic E-state index is 12.8. The van der Waals surface area contributed by atoms with Crippen molar-refractivity contribution in [1.82, 2.24) is 19.6 Å². The van der Waals surface area contributed by atoms with E-state index in [2.05, 4.69) is 25.7 Å². The van der Waals surface area contributed by atoms with Crippen molar-refractivity contribution in [3.63, 3.8) is 0 Å². The summed E-state index contributed by atoms with van der Waals surface area (Å²) in [7, 11) is 3.32. The number of carbonyl (C=O) groups is 1.